The van der Waals surface area contributed by atoms with Crippen molar-refractivity contribution in [1.29, 1.82) is 0 Å². The maximum Gasteiger partial charge on any atom is 0.255 e. The van der Waals surface area contributed by atoms with Crippen LogP contribution in [0.15, 0.2) is 29.6 Å². The molecule has 2 bridgehead atoms. The summed E-state index contributed by atoms with van der Waals surface area (Å²) in [6.45, 7) is 5.59. The number of likely N-dealkylation sites (tertiary alicyclic amines) is 1. The molecule has 1 N–H and O–H groups in total. The van der Waals surface area contributed by atoms with Gasteiger partial charge in [0.05, 0.1) is 6.33 Å². The Morgan fingerprint density at radius 1 is 1.03 bits per heavy atom. The van der Waals surface area contributed by atoms with Crippen molar-refractivity contribution in [2.45, 2.75) is 44.7 Å². The molecular formula is C22H27N7O. The summed E-state index contributed by atoms with van der Waals surface area (Å²) in [5, 5.41) is 0. The first kappa shape index (κ1) is 18.1. The van der Waals surface area contributed by atoms with E-state index >= 15 is 0 Å². The van der Waals surface area contributed by atoms with Crippen molar-refractivity contribution in [3.05, 3.63) is 46.4 Å². The third kappa shape index (κ3) is 3.01. The minimum atomic E-state index is 0.221. The summed E-state index contributed by atoms with van der Waals surface area (Å²) in [5.41, 5.74) is 3.95. The van der Waals surface area contributed by atoms with Crippen LogP contribution in [0.5, 0.6) is 0 Å². The van der Waals surface area contributed by atoms with Gasteiger partial charge in [0, 0.05) is 43.4 Å². The van der Waals surface area contributed by atoms with Crippen molar-refractivity contribution in [2.75, 3.05) is 31.1 Å². The summed E-state index contributed by atoms with van der Waals surface area (Å²) in [6.07, 6.45) is 8.22. The number of anilines is 1. The van der Waals surface area contributed by atoms with Gasteiger partial charge in [-0.2, -0.15) is 0 Å². The molecule has 0 spiro atoms. The number of rotatable bonds is 3. The first-order valence-electron chi connectivity index (χ1n) is 11.1. The van der Waals surface area contributed by atoms with Crippen LogP contribution in [-0.2, 0) is 13.1 Å². The van der Waals surface area contributed by atoms with E-state index in [2.05, 4.69) is 46.4 Å². The molecule has 2 atom stereocenters. The standard InChI is InChI=1S/C22H27N7O/c30-22-16(11-27-6-2-1-3-7-27)4-5-18-17-8-15(10-29(18)22)9-28(12-17)21-19-20(24-13-23-19)25-14-26-21/h4-5,13-15,17H,1-3,6-12H2,(H,23,24,25,26)/t15-,17+/m0/s1. The van der Waals surface area contributed by atoms with Crippen LogP contribution >= 0.6 is 0 Å². The van der Waals surface area contributed by atoms with Crippen molar-refractivity contribution in [2.24, 2.45) is 5.92 Å². The lowest BCUT2D eigenvalue weighted by Crippen LogP contribution is -2.48. The molecule has 0 amide bonds. The Balaban J connectivity index is 1.29. The highest BCUT2D eigenvalue weighted by Gasteiger charge is 2.36. The molecule has 6 rings (SSSR count). The van der Waals surface area contributed by atoms with Crippen molar-refractivity contribution in [3.63, 3.8) is 0 Å². The zero-order chi connectivity index (χ0) is 20.1. The summed E-state index contributed by atoms with van der Waals surface area (Å²) >= 11 is 0. The van der Waals surface area contributed by atoms with E-state index in [4.69, 9.17) is 0 Å². The van der Waals surface area contributed by atoms with Gasteiger partial charge in [0.25, 0.3) is 5.56 Å². The molecule has 156 valence electrons. The van der Waals surface area contributed by atoms with Crippen LogP contribution in [0.3, 0.4) is 0 Å². The number of hydrogen-bond donors (Lipinski definition) is 1. The Kier molecular flexibility index (Phi) is 4.33. The van der Waals surface area contributed by atoms with Crippen LogP contribution in [0.4, 0.5) is 5.82 Å². The maximum atomic E-state index is 13.3. The van der Waals surface area contributed by atoms with Crippen molar-refractivity contribution in [1.82, 2.24) is 29.4 Å². The molecule has 0 unspecified atom stereocenters. The molecule has 8 heteroatoms. The minimum Gasteiger partial charge on any atom is -0.354 e. The molecule has 0 saturated carbocycles. The molecule has 30 heavy (non-hydrogen) atoms. The SMILES string of the molecule is O=c1c(CN2CCCCC2)ccc2n1C[C@H]1C[C@@H]2CN(c2ncnc3nc[nH]c23)C1. The number of nitrogens with zero attached hydrogens (tertiary/aromatic N) is 6. The monoisotopic (exact) mass is 405 g/mol. The number of aromatic nitrogens is 5. The number of imidazole rings is 1. The van der Waals surface area contributed by atoms with Gasteiger partial charge in [-0.3, -0.25) is 9.69 Å². The minimum absolute atomic E-state index is 0.221. The van der Waals surface area contributed by atoms with E-state index in [1.54, 1.807) is 12.7 Å². The van der Waals surface area contributed by atoms with Crippen molar-refractivity contribution in [3.8, 4) is 0 Å². The lowest BCUT2D eigenvalue weighted by Gasteiger charge is -2.43. The molecule has 2 saturated heterocycles. The second-order valence-corrected chi connectivity index (χ2v) is 9.04. The predicted octanol–water partition coefficient (Wildman–Crippen LogP) is 2.12. The molecule has 0 aliphatic carbocycles. The quantitative estimate of drug-likeness (QED) is 0.719. The van der Waals surface area contributed by atoms with E-state index < -0.39 is 0 Å². The van der Waals surface area contributed by atoms with Gasteiger partial charge in [0.1, 0.15) is 11.8 Å². The Bertz CT molecular complexity index is 1130. The van der Waals surface area contributed by atoms with Crippen LogP contribution in [0.2, 0.25) is 0 Å². The Morgan fingerprint density at radius 2 is 1.93 bits per heavy atom. The number of aromatic amines is 1. The van der Waals surface area contributed by atoms with Gasteiger partial charge in [0.15, 0.2) is 11.5 Å². The number of hydrogen-bond acceptors (Lipinski definition) is 6. The fourth-order valence-corrected chi connectivity index (χ4v) is 5.63. The first-order valence-corrected chi connectivity index (χ1v) is 11.1. The van der Waals surface area contributed by atoms with Gasteiger partial charge in [-0.25, -0.2) is 15.0 Å². The van der Waals surface area contributed by atoms with Gasteiger partial charge in [-0.05, 0) is 44.3 Å². The molecule has 2 fully saturated rings. The van der Waals surface area contributed by atoms with E-state index in [0.29, 0.717) is 17.5 Å². The second-order valence-electron chi connectivity index (χ2n) is 9.04. The summed E-state index contributed by atoms with van der Waals surface area (Å²) in [6, 6.07) is 4.29. The molecule has 6 heterocycles. The second kappa shape index (κ2) is 7.19. The van der Waals surface area contributed by atoms with Crippen LogP contribution in [0.25, 0.3) is 11.2 Å². The van der Waals surface area contributed by atoms with Crippen LogP contribution in [-0.4, -0.2) is 55.6 Å². The smallest absolute Gasteiger partial charge is 0.255 e. The fourth-order valence-electron chi connectivity index (χ4n) is 5.63. The lowest BCUT2D eigenvalue weighted by atomic mass is 9.83. The highest BCUT2D eigenvalue weighted by Crippen LogP contribution is 2.37. The average Bonchev–Trinajstić information content (AvgIpc) is 3.26. The summed E-state index contributed by atoms with van der Waals surface area (Å²) in [4.78, 5) is 34.3. The maximum absolute atomic E-state index is 13.3. The zero-order valence-corrected chi connectivity index (χ0v) is 17.1. The molecule has 3 aliphatic rings. The van der Waals surface area contributed by atoms with Crippen molar-refractivity contribution >= 4 is 17.0 Å². The van der Waals surface area contributed by atoms with E-state index in [1.807, 2.05) is 0 Å². The van der Waals surface area contributed by atoms with E-state index in [1.165, 1.54) is 25.0 Å². The number of pyridine rings is 1. The molecule has 0 aromatic carbocycles. The Morgan fingerprint density at radius 3 is 2.83 bits per heavy atom. The van der Waals surface area contributed by atoms with Gasteiger partial charge in [0.2, 0.25) is 0 Å². The number of fused-ring (bicyclic) bond motifs is 5. The first-order chi connectivity index (χ1) is 14.8. The van der Waals surface area contributed by atoms with Gasteiger partial charge in [-0.15, -0.1) is 0 Å². The van der Waals surface area contributed by atoms with Gasteiger partial charge < -0.3 is 14.5 Å². The number of nitrogens with one attached hydrogen (secondary N) is 1. The normalized spacial score (nSPS) is 24.2. The fraction of sp³-hybridized carbons (Fsp3) is 0.545. The topological polar surface area (TPSA) is 82.9 Å². The highest BCUT2D eigenvalue weighted by molar-refractivity contribution is 5.82. The molecule has 3 aromatic rings. The largest absolute Gasteiger partial charge is 0.354 e. The van der Waals surface area contributed by atoms with E-state index in [0.717, 1.165) is 62.6 Å². The molecule has 8 nitrogen and oxygen atoms in total. The van der Waals surface area contributed by atoms with Gasteiger partial charge >= 0.3 is 0 Å². The highest BCUT2D eigenvalue weighted by atomic mass is 16.1. The van der Waals surface area contributed by atoms with Crippen molar-refractivity contribution < 1.29 is 0 Å². The number of piperidine rings is 2. The van der Waals surface area contributed by atoms with Crippen LogP contribution in [0.1, 0.15) is 42.9 Å². The van der Waals surface area contributed by atoms with Gasteiger partial charge in [-0.1, -0.05) is 12.5 Å². The third-order valence-electron chi connectivity index (χ3n) is 7.03. The molecule has 3 aliphatic heterocycles. The van der Waals surface area contributed by atoms with Crippen LogP contribution < -0.4 is 10.5 Å². The summed E-state index contributed by atoms with van der Waals surface area (Å²) in [5.74, 6) is 1.72. The summed E-state index contributed by atoms with van der Waals surface area (Å²) < 4.78 is 2.07. The Labute approximate surface area is 175 Å². The predicted molar refractivity (Wildman–Crippen MR) is 115 cm³/mol. The molecule has 0 radical (unpaired) electrons. The average molecular weight is 406 g/mol. The lowest BCUT2D eigenvalue weighted by molar-refractivity contribution is 0.218. The Hall–Kier alpha value is -2.74. The molecular weight excluding hydrogens is 378 g/mol. The third-order valence-corrected chi connectivity index (χ3v) is 7.03. The number of H-pyrrole nitrogens is 1. The zero-order valence-electron chi connectivity index (χ0n) is 17.1. The molecule has 3 aromatic heterocycles. The summed E-state index contributed by atoms with van der Waals surface area (Å²) in [7, 11) is 0. The van der Waals surface area contributed by atoms with E-state index in [9.17, 15) is 4.79 Å². The van der Waals surface area contributed by atoms with E-state index in [-0.39, 0.29) is 5.56 Å². The van der Waals surface area contributed by atoms with Crippen LogP contribution in [0, 0.1) is 5.92 Å².